The van der Waals surface area contributed by atoms with Crippen LogP contribution in [-0.4, -0.2) is 56.9 Å². The molecular weight excluding hydrogens is 821 g/mol. The molecule has 65 heavy (non-hydrogen) atoms. The average molecular weight is 867 g/mol. The predicted molar refractivity (Wildman–Crippen MR) is 247 cm³/mol. The van der Waals surface area contributed by atoms with Crippen molar-refractivity contribution in [2.75, 3.05) is 47.8 Å². The summed E-state index contributed by atoms with van der Waals surface area (Å²) in [6.07, 6.45) is 4.55. The van der Waals surface area contributed by atoms with Crippen LogP contribution in [0.3, 0.4) is 0 Å². The van der Waals surface area contributed by atoms with Gasteiger partial charge in [0.05, 0.1) is 64.1 Å². The summed E-state index contributed by atoms with van der Waals surface area (Å²) in [5, 5.41) is 27.9. The van der Waals surface area contributed by atoms with Gasteiger partial charge in [-0.2, -0.15) is 20.5 Å². The zero-order valence-corrected chi connectivity index (χ0v) is 36.3. The average Bonchev–Trinajstić information content (AvgIpc) is 3.72. The fourth-order valence-corrected chi connectivity index (χ4v) is 10.1. The summed E-state index contributed by atoms with van der Waals surface area (Å²) >= 11 is 0. The fraction of sp³-hybridized carbons (Fsp3) is 0.255. The molecule has 0 spiro atoms. The third kappa shape index (κ3) is 7.43. The summed E-state index contributed by atoms with van der Waals surface area (Å²) in [6, 6.07) is 33.9. The van der Waals surface area contributed by atoms with E-state index >= 15 is 0 Å². The smallest absolute Gasteiger partial charge is 0.238 e. The molecule has 2 saturated heterocycles. The van der Waals surface area contributed by atoms with Crippen molar-refractivity contribution >= 4 is 69.1 Å². The number of imide groups is 2. The lowest BCUT2D eigenvalue weighted by Gasteiger charge is -2.45. The summed E-state index contributed by atoms with van der Waals surface area (Å²) in [6.45, 7) is 0. The predicted octanol–water partition coefficient (Wildman–Crippen LogP) is 9.75. The van der Waals surface area contributed by atoms with Crippen LogP contribution in [-0.2, 0) is 25.6 Å². The number of fused-ring (bicyclic) bond motifs is 5. The van der Waals surface area contributed by atoms with Crippen molar-refractivity contribution in [1.82, 2.24) is 0 Å². The van der Waals surface area contributed by atoms with Crippen molar-refractivity contribution in [2.24, 2.45) is 56.0 Å². The molecule has 5 aromatic rings. The van der Waals surface area contributed by atoms with Gasteiger partial charge in [0.15, 0.2) is 0 Å². The number of phenols is 1. The van der Waals surface area contributed by atoms with Crippen LogP contribution in [0.1, 0.15) is 18.4 Å². The van der Waals surface area contributed by atoms with Crippen LogP contribution in [0, 0.1) is 35.5 Å². The topological polar surface area (TPSA) is 160 Å². The second-order valence-electron chi connectivity index (χ2n) is 17.6. The van der Waals surface area contributed by atoms with Gasteiger partial charge in [-0.15, -0.1) is 0 Å². The van der Waals surface area contributed by atoms with E-state index in [4.69, 9.17) is 4.74 Å². The first-order valence-electron chi connectivity index (χ1n) is 21.6. The number of phenolic OH excluding ortho intramolecular Hbond substituents is 1. The molecule has 2 aliphatic carbocycles. The van der Waals surface area contributed by atoms with E-state index < -0.39 is 35.5 Å². The molecule has 4 amide bonds. The van der Waals surface area contributed by atoms with E-state index in [1.54, 1.807) is 73.0 Å². The number of hydrogen-bond acceptors (Lipinski definition) is 12. The number of anilines is 4. The molecule has 6 unspecified atom stereocenters. The lowest BCUT2D eigenvalue weighted by Crippen LogP contribution is -2.45. The first-order valence-corrected chi connectivity index (χ1v) is 21.6. The maximum absolute atomic E-state index is 14.8. The minimum absolute atomic E-state index is 0.0809. The van der Waals surface area contributed by atoms with Crippen LogP contribution in [0.4, 0.5) is 45.5 Å². The Kier molecular flexibility index (Phi) is 10.4. The van der Waals surface area contributed by atoms with Gasteiger partial charge in [-0.1, -0.05) is 11.6 Å². The van der Waals surface area contributed by atoms with Gasteiger partial charge in [0.2, 0.25) is 23.6 Å². The molecule has 326 valence electrons. The number of hydrogen-bond donors (Lipinski definition) is 1. The molecule has 0 aromatic heterocycles. The van der Waals surface area contributed by atoms with Crippen LogP contribution in [0.15, 0.2) is 159 Å². The monoisotopic (exact) mass is 866 g/mol. The third-order valence-electron chi connectivity index (χ3n) is 13.3. The maximum atomic E-state index is 14.8. The largest absolute Gasteiger partial charge is 0.508 e. The van der Waals surface area contributed by atoms with Gasteiger partial charge in [-0.3, -0.25) is 29.0 Å². The number of carbonyl (C=O) groups excluding carboxylic acids is 4. The number of azo groups is 2. The van der Waals surface area contributed by atoms with E-state index in [1.165, 1.54) is 9.80 Å². The van der Waals surface area contributed by atoms with Gasteiger partial charge in [-0.25, -0.2) is 0 Å². The Morgan fingerprint density at radius 3 is 1.55 bits per heavy atom. The molecule has 5 aliphatic rings. The molecule has 0 radical (unpaired) electrons. The normalized spacial score (nSPS) is 23.5. The summed E-state index contributed by atoms with van der Waals surface area (Å²) in [5.41, 5.74) is 7.76. The highest BCUT2D eigenvalue weighted by atomic mass is 16.5. The number of benzene rings is 5. The Balaban J connectivity index is 0.932. The first kappa shape index (κ1) is 41.3. The van der Waals surface area contributed by atoms with E-state index in [0.29, 0.717) is 52.7 Å². The Morgan fingerprint density at radius 1 is 0.569 bits per heavy atom. The van der Waals surface area contributed by atoms with Gasteiger partial charge in [-0.05, 0) is 140 Å². The molecule has 3 aliphatic heterocycles. The van der Waals surface area contributed by atoms with Gasteiger partial charge in [0.25, 0.3) is 0 Å². The number of rotatable bonds is 9. The molecule has 5 aromatic carbocycles. The second kappa shape index (κ2) is 16.4. The maximum Gasteiger partial charge on any atom is 0.238 e. The Bertz CT molecular complexity index is 2850. The zero-order chi connectivity index (χ0) is 45.1. The van der Waals surface area contributed by atoms with Crippen molar-refractivity contribution in [3.8, 4) is 11.5 Å². The van der Waals surface area contributed by atoms with Crippen LogP contribution in [0.2, 0.25) is 0 Å². The highest BCUT2D eigenvalue weighted by molar-refractivity contribution is 6.24. The summed E-state index contributed by atoms with van der Waals surface area (Å²) in [4.78, 5) is 64.9. The van der Waals surface area contributed by atoms with Crippen molar-refractivity contribution in [3.05, 3.63) is 144 Å². The number of allylic oxidation sites excluding steroid dienone is 3. The molecule has 3 heterocycles. The van der Waals surface area contributed by atoms with E-state index in [-0.39, 0.29) is 35.8 Å². The lowest BCUT2D eigenvalue weighted by atomic mass is 9.56. The number of amides is 4. The van der Waals surface area contributed by atoms with Crippen molar-refractivity contribution in [3.63, 3.8) is 0 Å². The molecule has 0 bridgehead atoms. The van der Waals surface area contributed by atoms with Crippen LogP contribution >= 0.6 is 0 Å². The fourth-order valence-electron chi connectivity index (χ4n) is 10.1. The molecular formula is C51H46N8O6. The highest BCUT2D eigenvalue weighted by Crippen LogP contribution is 2.58. The molecule has 10 rings (SSSR count). The number of carbonyl (C=O) groups is 4. The van der Waals surface area contributed by atoms with Gasteiger partial charge < -0.3 is 19.6 Å². The summed E-state index contributed by atoms with van der Waals surface area (Å²) in [7, 11) is 7.86. The van der Waals surface area contributed by atoms with E-state index in [2.05, 4.69) is 20.5 Å². The van der Waals surface area contributed by atoms with Gasteiger partial charge >= 0.3 is 0 Å². The SMILES string of the molecule is CN(C)c1ccc(N=Nc2ccc(N3C(=O)C4CC=C5C(CC6C(=O)N(c7ccc(N=Nc8ccc(N(C)C)cc8)cc7)C(=O)C6C5C5=COc6ccc(O)cc6C5)C4C3=O)cc2)cc1. The summed E-state index contributed by atoms with van der Waals surface area (Å²) < 4.78 is 6.12. The molecule has 3 fully saturated rings. The molecule has 14 nitrogen and oxygen atoms in total. The van der Waals surface area contributed by atoms with E-state index in [1.807, 2.05) is 92.6 Å². The van der Waals surface area contributed by atoms with Crippen molar-refractivity contribution in [2.45, 2.75) is 19.3 Å². The van der Waals surface area contributed by atoms with Crippen LogP contribution < -0.4 is 24.3 Å². The quantitative estimate of drug-likeness (QED) is 0.0871. The minimum Gasteiger partial charge on any atom is -0.508 e. The molecule has 1 saturated carbocycles. The van der Waals surface area contributed by atoms with E-state index in [9.17, 15) is 24.3 Å². The van der Waals surface area contributed by atoms with Crippen molar-refractivity contribution in [1.29, 1.82) is 0 Å². The standard InChI is InChI=1S/C51H46N8O6/c1-56(2)35-13-5-31(6-14-35)52-54-33-9-17-37(18-10-33)58-48(61)41-23-22-40-42(46(41)50(58)63)27-43-47(45(40)30-25-29-26-39(60)21-24-44(29)65-28-30)51(64)59(49(43)62)38-19-11-34(12-20-38)55-53-32-7-15-36(16-8-32)57(3)4/h5-22,24,26,28,41-43,45-47,60H,23,25,27H2,1-4H3. The van der Waals surface area contributed by atoms with Gasteiger partial charge in [0.1, 0.15) is 11.5 Å². The van der Waals surface area contributed by atoms with Crippen LogP contribution in [0.25, 0.3) is 0 Å². The Labute approximate surface area is 375 Å². The Morgan fingerprint density at radius 2 is 1.05 bits per heavy atom. The van der Waals surface area contributed by atoms with Gasteiger partial charge in [0, 0.05) is 57.5 Å². The number of aromatic hydroxyl groups is 1. The minimum atomic E-state index is -0.782. The Hall–Kier alpha value is -7.74. The van der Waals surface area contributed by atoms with Crippen molar-refractivity contribution < 1.29 is 29.0 Å². The van der Waals surface area contributed by atoms with Crippen LogP contribution in [0.5, 0.6) is 11.5 Å². The molecule has 1 N–H and O–H groups in total. The molecule has 14 heteroatoms. The second-order valence-corrected chi connectivity index (χ2v) is 17.6. The molecule has 6 atom stereocenters. The first-order chi connectivity index (χ1) is 31.4. The summed E-state index contributed by atoms with van der Waals surface area (Å²) in [5.74, 6) is -4.68. The zero-order valence-electron chi connectivity index (χ0n) is 36.3. The number of ether oxygens (including phenoxy) is 1. The highest BCUT2D eigenvalue weighted by Gasteiger charge is 2.62. The lowest BCUT2D eigenvalue weighted by molar-refractivity contribution is -0.126. The van der Waals surface area contributed by atoms with E-state index in [0.717, 1.165) is 28.1 Å². The number of nitrogens with zero attached hydrogens (tertiary/aromatic N) is 8. The third-order valence-corrected chi connectivity index (χ3v) is 13.3.